The van der Waals surface area contributed by atoms with Crippen LogP contribution in [0.4, 0.5) is 4.39 Å². The van der Waals surface area contributed by atoms with E-state index in [0.29, 0.717) is 5.56 Å². The number of carbonyl (C=O) groups excluding carboxylic acids is 1. The van der Waals surface area contributed by atoms with Crippen LogP contribution in [-0.4, -0.2) is 37.9 Å². The minimum Gasteiger partial charge on any atom is -0.360 e. The summed E-state index contributed by atoms with van der Waals surface area (Å²) in [6, 6.07) is 10.3. The number of halogens is 2. The highest BCUT2D eigenvalue weighted by molar-refractivity contribution is 7.89. The molecule has 10 heteroatoms. The van der Waals surface area contributed by atoms with Crippen LogP contribution in [0.3, 0.4) is 0 Å². The van der Waals surface area contributed by atoms with Crippen molar-refractivity contribution in [1.82, 2.24) is 14.8 Å². The van der Waals surface area contributed by atoms with Crippen molar-refractivity contribution in [3.63, 3.8) is 0 Å². The lowest BCUT2D eigenvalue weighted by atomic mass is 10.0. The minimum atomic E-state index is -3.53. The van der Waals surface area contributed by atoms with Gasteiger partial charge in [0.1, 0.15) is 22.8 Å². The Hall–Kier alpha value is -2.75. The fourth-order valence-corrected chi connectivity index (χ4v) is 3.95. The molecule has 1 amide bonds. The van der Waals surface area contributed by atoms with Crippen LogP contribution in [0.15, 0.2) is 51.9 Å². The van der Waals surface area contributed by atoms with Crippen molar-refractivity contribution in [1.29, 1.82) is 0 Å². The molecule has 0 bridgehead atoms. The third-order valence-electron chi connectivity index (χ3n) is 4.44. The average Bonchev–Trinajstić information content (AvgIpc) is 3.07. The second-order valence-electron chi connectivity index (χ2n) is 6.67. The molecule has 0 aliphatic heterocycles. The fourth-order valence-electron chi connectivity index (χ4n) is 2.80. The summed E-state index contributed by atoms with van der Waals surface area (Å²) in [6.45, 7) is 1.66. The van der Waals surface area contributed by atoms with Crippen LogP contribution in [0, 0.1) is 12.7 Å². The molecule has 158 valence electrons. The van der Waals surface area contributed by atoms with E-state index in [1.807, 2.05) is 0 Å². The van der Waals surface area contributed by atoms with Crippen LogP contribution < -0.4 is 5.32 Å². The Labute approximate surface area is 178 Å². The van der Waals surface area contributed by atoms with Gasteiger partial charge in [0.05, 0.1) is 15.5 Å². The van der Waals surface area contributed by atoms with Crippen LogP contribution in [0.1, 0.15) is 21.7 Å². The molecule has 0 saturated carbocycles. The molecule has 0 spiro atoms. The molecular weight excluding hydrogens is 433 g/mol. The van der Waals surface area contributed by atoms with Gasteiger partial charge in [0.2, 0.25) is 10.0 Å². The summed E-state index contributed by atoms with van der Waals surface area (Å²) >= 11 is 6.09. The molecule has 1 aromatic heterocycles. The van der Waals surface area contributed by atoms with Gasteiger partial charge in [-0.1, -0.05) is 35.0 Å². The first-order valence-corrected chi connectivity index (χ1v) is 10.6. The first kappa shape index (κ1) is 21.9. The Balaban J connectivity index is 1.81. The van der Waals surface area contributed by atoms with Gasteiger partial charge in [-0.3, -0.25) is 4.79 Å². The van der Waals surface area contributed by atoms with Crippen LogP contribution in [-0.2, 0) is 16.6 Å². The van der Waals surface area contributed by atoms with Crippen molar-refractivity contribution in [2.45, 2.75) is 18.4 Å². The van der Waals surface area contributed by atoms with E-state index in [2.05, 4.69) is 10.5 Å². The van der Waals surface area contributed by atoms with E-state index < -0.39 is 21.7 Å². The van der Waals surface area contributed by atoms with E-state index in [1.165, 1.54) is 44.4 Å². The van der Waals surface area contributed by atoms with Crippen molar-refractivity contribution in [3.05, 3.63) is 70.2 Å². The summed E-state index contributed by atoms with van der Waals surface area (Å²) in [5.74, 6) is -0.926. The number of aryl methyl sites for hydroxylation is 1. The lowest BCUT2D eigenvalue weighted by Gasteiger charge is -2.12. The van der Waals surface area contributed by atoms with Gasteiger partial charge < -0.3 is 9.84 Å². The monoisotopic (exact) mass is 451 g/mol. The number of sulfonamides is 1. The molecule has 1 N–H and O–H groups in total. The number of hydrogen-bond donors (Lipinski definition) is 1. The zero-order valence-corrected chi connectivity index (χ0v) is 18.0. The normalized spacial score (nSPS) is 11.7. The van der Waals surface area contributed by atoms with Crippen molar-refractivity contribution >= 4 is 27.5 Å². The molecule has 0 fully saturated rings. The molecule has 0 aliphatic carbocycles. The summed E-state index contributed by atoms with van der Waals surface area (Å²) in [6.07, 6.45) is 0. The average molecular weight is 452 g/mol. The van der Waals surface area contributed by atoms with Crippen molar-refractivity contribution in [3.8, 4) is 11.3 Å². The standard InChI is InChI=1S/C20H19ClFN3O4S/c1-12-17(19(24-29-12)18-15(21)5-4-6-16(18)22)20(26)23-11-13-7-9-14(10-8-13)30(27,28)25(2)3/h4-10H,11H2,1-3H3,(H,23,26). The maximum Gasteiger partial charge on any atom is 0.257 e. The number of rotatable bonds is 6. The maximum atomic E-state index is 14.3. The summed E-state index contributed by atoms with van der Waals surface area (Å²) in [7, 11) is -0.636. The van der Waals surface area contributed by atoms with Gasteiger partial charge in [-0.05, 0) is 36.8 Å². The van der Waals surface area contributed by atoms with Gasteiger partial charge in [0.15, 0.2) is 0 Å². The lowest BCUT2D eigenvalue weighted by molar-refractivity contribution is 0.0950. The van der Waals surface area contributed by atoms with E-state index in [4.69, 9.17) is 16.1 Å². The van der Waals surface area contributed by atoms with E-state index in [9.17, 15) is 17.6 Å². The molecular formula is C20H19ClFN3O4S. The van der Waals surface area contributed by atoms with Crippen molar-refractivity contribution in [2.24, 2.45) is 0 Å². The number of amides is 1. The van der Waals surface area contributed by atoms with E-state index >= 15 is 0 Å². The molecule has 2 aromatic carbocycles. The Morgan fingerprint density at radius 3 is 2.47 bits per heavy atom. The highest BCUT2D eigenvalue weighted by Gasteiger charge is 2.25. The Bertz CT molecular complexity index is 1170. The second kappa shape index (κ2) is 8.55. The largest absolute Gasteiger partial charge is 0.360 e. The summed E-state index contributed by atoms with van der Waals surface area (Å²) in [5, 5.41) is 6.62. The zero-order valence-electron chi connectivity index (χ0n) is 16.4. The van der Waals surface area contributed by atoms with Gasteiger partial charge in [0.25, 0.3) is 5.91 Å². The third-order valence-corrected chi connectivity index (χ3v) is 6.59. The molecule has 30 heavy (non-hydrogen) atoms. The highest BCUT2D eigenvalue weighted by atomic mass is 35.5. The van der Waals surface area contributed by atoms with Gasteiger partial charge in [-0.25, -0.2) is 17.1 Å². The van der Waals surface area contributed by atoms with E-state index in [0.717, 1.165) is 4.31 Å². The Morgan fingerprint density at radius 2 is 1.87 bits per heavy atom. The second-order valence-corrected chi connectivity index (χ2v) is 9.23. The SMILES string of the molecule is Cc1onc(-c2c(F)cccc2Cl)c1C(=O)NCc1ccc(S(=O)(=O)N(C)C)cc1. The molecule has 0 atom stereocenters. The van der Waals surface area contributed by atoms with Gasteiger partial charge in [0, 0.05) is 20.6 Å². The highest BCUT2D eigenvalue weighted by Crippen LogP contribution is 2.33. The first-order chi connectivity index (χ1) is 14.1. The number of benzene rings is 2. The molecule has 0 radical (unpaired) electrons. The number of aromatic nitrogens is 1. The van der Waals surface area contributed by atoms with Crippen LogP contribution in [0.5, 0.6) is 0 Å². The van der Waals surface area contributed by atoms with Crippen LogP contribution >= 0.6 is 11.6 Å². The maximum absolute atomic E-state index is 14.3. The number of nitrogens with zero attached hydrogens (tertiary/aromatic N) is 2. The fraction of sp³-hybridized carbons (Fsp3) is 0.200. The topological polar surface area (TPSA) is 92.5 Å². The first-order valence-electron chi connectivity index (χ1n) is 8.83. The van der Waals surface area contributed by atoms with Crippen LogP contribution in [0.25, 0.3) is 11.3 Å². The summed E-state index contributed by atoms with van der Waals surface area (Å²) in [5.41, 5.74) is 0.759. The Morgan fingerprint density at radius 1 is 1.20 bits per heavy atom. The molecule has 1 heterocycles. The van der Waals surface area contributed by atoms with Gasteiger partial charge in [-0.2, -0.15) is 0 Å². The summed E-state index contributed by atoms with van der Waals surface area (Å²) in [4.78, 5) is 12.9. The molecule has 7 nitrogen and oxygen atoms in total. The molecule has 0 saturated heterocycles. The molecule has 0 unspecified atom stereocenters. The molecule has 3 aromatic rings. The van der Waals surface area contributed by atoms with Crippen LogP contribution in [0.2, 0.25) is 5.02 Å². The van der Waals surface area contributed by atoms with Crippen molar-refractivity contribution < 1.29 is 22.1 Å². The predicted molar refractivity (Wildman–Crippen MR) is 110 cm³/mol. The van der Waals surface area contributed by atoms with E-state index in [-0.39, 0.29) is 39.0 Å². The quantitative estimate of drug-likeness (QED) is 0.617. The van der Waals surface area contributed by atoms with Crippen molar-refractivity contribution in [2.75, 3.05) is 14.1 Å². The Kier molecular flexibility index (Phi) is 6.25. The third kappa shape index (κ3) is 4.23. The van der Waals surface area contributed by atoms with E-state index in [1.54, 1.807) is 19.1 Å². The smallest absolute Gasteiger partial charge is 0.257 e. The predicted octanol–water partition coefficient (Wildman–Crippen LogP) is 3.62. The number of carbonyl (C=O) groups is 1. The number of hydrogen-bond acceptors (Lipinski definition) is 5. The number of nitrogens with one attached hydrogen (secondary N) is 1. The minimum absolute atomic E-state index is 0.0144. The van der Waals surface area contributed by atoms with Gasteiger partial charge in [-0.15, -0.1) is 0 Å². The molecule has 3 rings (SSSR count). The lowest BCUT2D eigenvalue weighted by Crippen LogP contribution is -2.24. The molecule has 0 aliphatic rings. The summed E-state index contributed by atoms with van der Waals surface area (Å²) < 4.78 is 44.8. The zero-order chi connectivity index (χ0) is 22.1. The van der Waals surface area contributed by atoms with Gasteiger partial charge >= 0.3 is 0 Å².